The second kappa shape index (κ2) is 6.75. The zero-order chi connectivity index (χ0) is 18.2. The highest BCUT2D eigenvalue weighted by atomic mass is 15.2. The first kappa shape index (κ1) is 16.4. The van der Waals surface area contributed by atoms with Gasteiger partial charge in [0.2, 0.25) is 0 Å². The Kier molecular flexibility index (Phi) is 4.10. The molecule has 0 aromatic heterocycles. The van der Waals surface area contributed by atoms with Gasteiger partial charge in [-0.2, -0.15) is 0 Å². The van der Waals surface area contributed by atoms with E-state index in [0.29, 0.717) is 6.54 Å². The van der Waals surface area contributed by atoms with Crippen LogP contribution in [0.15, 0.2) is 76.7 Å². The molecule has 0 N–H and O–H groups in total. The molecule has 2 heterocycles. The molecule has 1 saturated heterocycles. The predicted octanol–water partition coefficient (Wildman–Crippen LogP) is 4.54. The molecule has 3 heteroatoms. The second-order valence-corrected chi connectivity index (χ2v) is 7.68. The quantitative estimate of drug-likeness (QED) is 0.677. The van der Waals surface area contributed by atoms with Crippen molar-refractivity contribution in [1.29, 1.82) is 0 Å². The Morgan fingerprint density at radius 3 is 2.41 bits per heavy atom. The van der Waals surface area contributed by atoms with E-state index in [0.717, 1.165) is 35.1 Å². The summed E-state index contributed by atoms with van der Waals surface area (Å²) in [7, 11) is 0. The summed E-state index contributed by atoms with van der Waals surface area (Å²) < 4.78 is 0. The van der Waals surface area contributed by atoms with Crippen LogP contribution in [0.4, 0.5) is 0 Å². The third kappa shape index (κ3) is 3.08. The summed E-state index contributed by atoms with van der Waals surface area (Å²) in [5.74, 6) is 1.68. The minimum absolute atomic E-state index is 0.654. The van der Waals surface area contributed by atoms with Gasteiger partial charge >= 0.3 is 0 Å². The molecule has 3 aromatic rings. The van der Waals surface area contributed by atoms with Crippen molar-refractivity contribution < 1.29 is 0 Å². The Hall–Kier alpha value is -2.78. The van der Waals surface area contributed by atoms with E-state index in [1.807, 2.05) is 6.07 Å². The number of benzene rings is 3. The summed E-state index contributed by atoms with van der Waals surface area (Å²) in [5, 5.41) is 2.57. The molecule has 27 heavy (non-hydrogen) atoms. The molecule has 0 atom stereocenters. The molecule has 3 aromatic carbocycles. The summed E-state index contributed by atoms with van der Waals surface area (Å²) in [4.78, 5) is 12.1. The molecule has 0 radical (unpaired) electrons. The van der Waals surface area contributed by atoms with Crippen molar-refractivity contribution >= 4 is 22.3 Å². The monoisotopic (exact) mass is 353 g/mol. The van der Waals surface area contributed by atoms with Crippen molar-refractivity contribution in [2.24, 2.45) is 15.9 Å². The van der Waals surface area contributed by atoms with Crippen molar-refractivity contribution in [2.75, 3.05) is 19.6 Å². The average molecular weight is 353 g/mol. The van der Waals surface area contributed by atoms with Gasteiger partial charge in [-0.15, -0.1) is 0 Å². The number of hydrogen-bond donors (Lipinski definition) is 0. The number of nitrogens with zero attached hydrogens (tertiary/aromatic N) is 3. The van der Waals surface area contributed by atoms with E-state index in [4.69, 9.17) is 9.98 Å². The first-order chi connectivity index (χ1) is 13.3. The zero-order valence-corrected chi connectivity index (χ0v) is 15.6. The second-order valence-electron chi connectivity index (χ2n) is 7.68. The number of hydrogen-bond acceptors (Lipinski definition) is 3. The minimum Gasteiger partial charge on any atom is -0.298 e. The highest BCUT2D eigenvalue weighted by Gasteiger charge is 2.23. The van der Waals surface area contributed by atoms with Crippen LogP contribution in [-0.4, -0.2) is 36.1 Å². The van der Waals surface area contributed by atoms with Gasteiger partial charge in [0.25, 0.3) is 0 Å². The van der Waals surface area contributed by atoms with Crippen LogP contribution in [-0.2, 0) is 6.54 Å². The van der Waals surface area contributed by atoms with Crippen molar-refractivity contribution in [3.05, 3.63) is 83.4 Å². The van der Waals surface area contributed by atoms with Crippen LogP contribution in [0.25, 0.3) is 10.8 Å². The smallest absolute Gasteiger partial charge is 0.155 e. The zero-order valence-electron chi connectivity index (χ0n) is 15.6. The largest absolute Gasteiger partial charge is 0.298 e. The minimum atomic E-state index is 0.654. The fraction of sp³-hybridized carbons (Fsp3) is 0.250. The van der Waals surface area contributed by atoms with E-state index in [-0.39, 0.29) is 0 Å². The molecule has 5 rings (SSSR count). The number of likely N-dealkylation sites (tertiary alicyclic amines) is 1. The molecule has 0 aliphatic carbocycles. The molecular weight excluding hydrogens is 330 g/mol. The maximum Gasteiger partial charge on any atom is 0.155 e. The van der Waals surface area contributed by atoms with Crippen LogP contribution >= 0.6 is 0 Å². The molecule has 3 nitrogen and oxygen atoms in total. The van der Waals surface area contributed by atoms with E-state index in [2.05, 4.69) is 72.5 Å². The lowest BCUT2D eigenvalue weighted by Crippen LogP contribution is -2.44. The van der Waals surface area contributed by atoms with Gasteiger partial charge in [-0.05, 0) is 27.8 Å². The lowest BCUT2D eigenvalue weighted by Gasteiger charge is -2.37. The van der Waals surface area contributed by atoms with Crippen LogP contribution in [0, 0.1) is 5.92 Å². The van der Waals surface area contributed by atoms with Gasteiger partial charge in [0.1, 0.15) is 0 Å². The van der Waals surface area contributed by atoms with Crippen LogP contribution in [0.3, 0.4) is 0 Å². The van der Waals surface area contributed by atoms with E-state index >= 15 is 0 Å². The molecular formula is C24H23N3. The van der Waals surface area contributed by atoms with E-state index in [1.165, 1.54) is 29.4 Å². The average Bonchev–Trinajstić information content (AvgIpc) is 3.17. The van der Waals surface area contributed by atoms with Gasteiger partial charge in [0.15, 0.2) is 5.84 Å². The van der Waals surface area contributed by atoms with Crippen LogP contribution in [0.5, 0.6) is 0 Å². The Balaban J connectivity index is 1.50. The van der Waals surface area contributed by atoms with Gasteiger partial charge in [0, 0.05) is 25.2 Å². The van der Waals surface area contributed by atoms with E-state index < -0.39 is 0 Å². The maximum atomic E-state index is 4.86. The summed E-state index contributed by atoms with van der Waals surface area (Å²) in [5.41, 5.74) is 4.74. The Labute approximate surface area is 160 Å². The topological polar surface area (TPSA) is 28.0 Å². The van der Waals surface area contributed by atoms with Crippen LogP contribution in [0.2, 0.25) is 0 Å². The standard InChI is InChI=1S/C24H23N3/c1-17-14-27(15-17)16-19-11-12-22(21-10-6-5-9-20(19)21)24-25-13-23(26-24)18-7-3-2-4-8-18/h2-12,17H,13-16H2,1H3. The van der Waals surface area contributed by atoms with Crippen molar-refractivity contribution in [1.82, 2.24) is 4.90 Å². The molecule has 1 fully saturated rings. The number of rotatable bonds is 4. The third-order valence-corrected chi connectivity index (χ3v) is 5.52. The molecule has 0 bridgehead atoms. The Morgan fingerprint density at radius 2 is 1.63 bits per heavy atom. The molecule has 0 unspecified atom stereocenters. The highest BCUT2D eigenvalue weighted by Crippen LogP contribution is 2.28. The van der Waals surface area contributed by atoms with Gasteiger partial charge in [-0.3, -0.25) is 9.89 Å². The third-order valence-electron chi connectivity index (χ3n) is 5.52. The van der Waals surface area contributed by atoms with E-state index in [9.17, 15) is 0 Å². The Bertz CT molecular complexity index is 1040. The van der Waals surface area contributed by atoms with E-state index in [1.54, 1.807) is 0 Å². The lowest BCUT2D eigenvalue weighted by molar-refractivity contribution is 0.105. The number of aliphatic imine (C=N–C) groups is 2. The van der Waals surface area contributed by atoms with Gasteiger partial charge < -0.3 is 0 Å². The highest BCUT2D eigenvalue weighted by molar-refractivity contribution is 6.20. The normalized spacial score (nSPS) is 17.7. The number of fused-ring (bicyclic) bond motifs is 1. The predicted molar refractivity (Wildman–Crippen MR) is 113 cm³/mol. The summed E-state index contributed by atoms with van der Waals surface area (Å²) in [6.07, 6.45) is 0. The van der Waals surface area contributed by atoms with Gasteiger partial charge in [-0.1, -0.05) is 73.7 Å². The van der Waals surface area contributed by atoms with Crippen molar-refractivity contribution in [3.63, 3.8) is 0 Å². The Morgan fingerprint density at radius 1 is 0.889 bits per heavy atom. The first-order valence-electron chi connectivity index (χ1n) is 9.69. The first-order valence-corrected chi connectivity index (χ1v) is 9.69. The molecule has 2 aliphatic heterocycles. The molecule has 134 valence electrons. The fourth-order valence-corrected chi connectivity index (χ4v) is 4.17. The van der Waals surface area contributed by atoms with Gasteiger partial charge in [0.05, 0.1) is 12.3 Å². The molecule has 2 aliphatic rings. The lowest BCUT2D eigenvalue weighted by atomic mass is 9.96. The number of amidine groups is 1. The molecule has 0 saturated carbocycles. The maximum absolute atomic E-state index is 4.86. The summed E-state index contributed by atoms with van der Waals surface area (Å²) in [6.45, 7) is 6.40. The molecule has 0 amide bonds. The summed E-state index contributed by atoms with van der Waals surface area (Å²) in [6, 6.07) is 23.5. The van der Waals surface area contributed by atoms with Gasteiger partial charge in [-0.25, -0.2) is 4.99 Å². The van der Waals surface area contributed by atoms with Crippen molar-refractivity contribution in [3.8, 4) is 0 Å². The van der Waals surface area contributed by atoms with Crippen molar-refractivity contribution in [2.45, 2.75) is 13.5 Å². The fourth-order valence-electron chi connectivity index (χ4n) is 4.17. The van der Waals surface area contributed by atoms with Crippen LogP contribution in [0.1, 0.15) is 23.6 Å². The van der Waals surface area contributed by atoms with Crippen LogP contribution < -0.4 is 0 Å². The summed E-state index contributed by atoms with van der Waals surface area (Å²) >= 11 is 0. The molecule has 0 spiro atoms. The SMILES string of the molecule is CC1CN(Cc2ccc(C3=NCC(c4ccccc4)=N3)c3ccccc23)C1.